The molecule has 0 saturated carbocycles. The number of hydrogen-bond donors (Lipinski definition) is 0. The third-order valence-electron chi connectivity index (χ3n) is 5.37. The van der Waals surface area contributed by atoms with E-state index in [0.717, 1.165) is 6.42 Å². The SMILES string of the molecule is [CH2]=[Ti+2]([c]1cccc2c1Cc1ccccc1-2)[CH]1C=Cc2ccccc21.[Cl-].[Cl-]. The maximum atomic E-state index is 4.74. The molecule has 0 fully saturated rings. The maximum absolute atomic E-state index is 4.74. The van der Waals surface area contributed by atoms with Crippen LogP contribution in [0.3, 0.4) is 0 Å². The first-order valence-electron chi connectivity index (χ1n) is 8.49. The van der Waals surface area contributed by atoms with Crippen LogP contribution >= 0.6 is 0 Å². The van der Waals surface area contributed by atoms with E-state index >= 15 is 0 Å². The van der Waals surface area contributed by atoms with E-state index in [1.165, 1.54) is 27.8 Å². The number of rotatable bonds is 2. The topological polar surface area (TPSA) is 0 Å². The summed E-state index contributed by atoms with van der Waals surface area (Å²) in [5.41, 5.74) is 8.73. The molecule has 0 saturated heterocycles. The Hall–Kier alpha value is -1.44. The monoisotopic (exact) mass is 412 g/mol. The molecule has 26 heavy (non-hydrogen) atoms. The molecule has 3 heteroatoms. The average molecular weight is 413 g/mol. The first-order chi connectivity index (χ1) is 11.8. The van der Waals surface area contributed by atoms with Gasteiger partial charge in [0.1, 0.15) is 0 Å². The van der Waals surface area contributed by atoms with Gasteiger partial charge in [-0.1, -0.05) is 0 Å². The van der Waals surface area contributed by atoms with Gasteiger partial charge in [0, 0.05) is 0 Å². The molecule has 2 aliphatic rings. The Labute approximate surface area is 173 Å². The molecule has 0 nitrogen and oxygen atoms in total. The van der Waals surface area contributed by atoms with Crippen molar-refractivity contribution in [2.45, 2.75) is 10.6 Å². The predicted molar refractivity (Wildman–Crippen MR) is 99.7 cm³/mol. The minimum Gasteiger partial charge on any atom is -1.00 e. The van der Waals surface area contributed by atoms with E-state index in [1.807, 2.05) is 0 Å². The second-order valence-corrected chi connectivity index (χ2v) is 10.1. The van der Waals surface area contributed by atoms with Crippen LogP contribution < -0.4 is 28.7 Å². The molecule has 0 bridgehead atoms. The average Bonchev–Trinajstić information content (AvgIpc) is 3.22. The van der Waals surface area contributed by atoms with Gasteiger partial charge in [-0.05, 0) is 0 Å². The third-order valence-corrected chi connectivity index (χ3v) is 9.14. The Bertz CT molecular complexity index is 1020. The fourth-order valence-electron chi connectivity index (χ4n) is 4.18. The molecule has 0 radical (unpaired) electrons. The molecule has 0 amide bonds. The molecule has 2 aliphatic carbocycles. The molecule has 0 heterocycles. The summed E-state index contributed by atoms with van der Waals surface area (Å²) in [6, 6.07) is 24.5. The van der Waals surface area contributed by atoms with Gasteiger partial charge in [0.05, 0.1) is 0 Å². The minimum atomic E-state index is -1.68. The Balaban J connectivity index is 0.000000980. The summed E-state index contributed by atoms with van der Waals surface area (Å²) in [6.07, 6.45) is 5.76. The van der Waals surface area contributed by atoms with Gasteiger partial charge in [-0.25, -0.2) is 0 Å². The Morgan fingerprint density at radius 1 is 0.808 bits per heavy atom. The second-order valence-electron chi connectivity index (χ2n) is 6.66. The summed E-state index contributed by atoms with van der Waals surface area (Å²) in [6.45, 7) is 0. The fraction of sp³-hybridized carbons (Fsp3) is 0.0870. The van der Waals surface area contributed by atoms with Gasteiger partial charge in [-0.15, -0.1) is 0 Å². The molecule has 128 valence electrons. The summed E-state index contributed by atoms with van der Waals surface area (Å²) < 4.78 is 2.10. The van der Waals surface area contributed by atoms with Crippen LogP contribution in [0.1, 0.15) is 26.5 Å². The number of allylic oxidation sites excluding steroid dienone is 1. The normalized spacial score (nSPS) is 15.0. The number of benzene rings is 3. The first-order valence-corrected chi connectivity index (χ1v) is 11.3. The molecule has 0 aliphatic heterocycles. The van der Waals surface area contributed by atoms with Crippen molar-refractivity contribution in [2.24, 2.45) is 0 Å². The van der Waals surface area contributed by atoms with E-state index < -0.39 is 17.4 Å². The molecule has 3 aromatic rings. The molecule has 1 atom stereocenters. The summed E-state index contributed by atoms with van der Waals surface area (Å²) in [4.78, 5) is 4.74. The van der Waals surface area contributed by atoms with Crippen LogP contribution in [0.25, 0.3) is 17.2 Å². The van der Waals surface area contributed by atoms with E-state index in [4.69, 9.17) is 4.82 Å². The zero-order valence-electron chi connectivity index (χ0n) is 14.3. The molecule has 0 aromatic heterocycles. The van der Waals surface area contributed by atoms with E-state index in [-0.39, 0.29) is 24.8 Å². The summed E-state index contributed by atoms with van der Waals surface area (Å²) >= 11 is -1.68. The molecule has 0 N–H and O–H groups in total. The summed E-state index contributed by atoms with van der Waals surface area (Å²) in [5, 5.41) is 0. The van der Waals surface area contributed by atoms with Gasteiger partial charge >= 0.3 is 149 Å². The largest absolute Gasteiger partial charge is 1.00 e. The van der Waals surface area contributed by atoms with Crippen molar-refractivity contribution >= 4 is 14.8 Å². The molecular formula is C23H18Cl2Ti. The number of fused-ring (bicyclic) bond motifs is 4. The van der Waals surface area contributed by atoms with E-state index in [0.29, 0.717) is 4.22 Å². The predicted octanol–water partition coefficient (Wildman–Crippen LogP) is -1.29. The van der Waals surface area contributed by atoms with Crippen LogP contribution in [-0.2, 0) is 23.8 Å². The van der Waals surface area contributed by atoms with Crippen molar-refractivity contribution in [2.75, 3.05) is 0 Å². The molecular weight excluding hydrogens is 395 g/mol. The van der Waals surface area contributed by atoms with E-state index in [1.54, 1.807) is 9.43 Å². The van der Waals surface area contributed by atoms with Gasteiger partial charge in [0.15, 0.2) is 0 Å². The van der Waals surface area contributed by atoms with Crippen LogP contribution in [0.5, 0.6) is 0 Å². The van der Waals surface area contributed by atoms with Crippen molar-refractivity contribution in [1.29, 1.82) is 0 Å². The number of halogens is 2. The molecule has 5 rings (SSSR count). The standard InChI is InChI=1S/C13H9.C9H7.CH2.2ClH.Ti/c1-3-7-12-10(5-1)9-11-6-2-4-8-13(11)12;1-2-5-9-7-3-6-8(9)4-1;;;;/h1-5,7-8H,9H2;1-7H;1H2;2*1H;/q;;;;;+2/p-2. The smallest absolute Gasteiger partial charge is 1.00 e. The van der Waals surface area contributed by atoms with Gasteiger partial charge in [-0.3, -0.25) is 0 Å². The second kappa shape index (κ2) is 7.66. The van der Waals surface area contributed by atoms with Crippen molar-refractivity contribution in [3.8, 4) is 11.1 Å². The Morgan fingerprint density at radius 2 is 1.54 bits per heavy atom. The Morgan fingerprint density at radius 3 is 2.42 bits per heavy atom. The zero-order valence-corrected chi connectivity index (χ0v) is 17.3. The quantitative estimate of drug-likeness (QED) is 0.359. The van der Waals surface area contributed by atoms with Crippen molar-refractivity contribution in [1.82, 2.24) is 0 Å². The maximum Gasteiger partial charge on any atom is -1.00 e. The zero-order chi connectivity index (χ0) is 16.1. The van der Waals surface area contributed by atoms with Gasteiger partial charge in [0.2, 0.25) is 0 Å². The van der Waals surface area contributed by atoms with Crippen molar-refractivity contribution in [3.63, 3.8) is 0 Å². The van der Waals surface area contributed by atoms with Crippen LogP contribution in [0.15, 0.2) is 72.8 Å². The van der Waals surface area contributed by atoms with Crippen molar-refractivity contribution < 1.29 is 42.2 Å². The number of hydrogen-bond acceptors (Lipinski definition) is 0. The molecule has 0 spiro atoms. The van der Waals surface area contributed by atoms with Gasteiger partial charge in [-0.2, -0.15) is 0 Å². The van der Waals surface area contributed by atoms with Crippen LogP contribution in [0, 0.1) is 0 Å². The minimum absolute atomic E-state index is 0. The first kappa shape index (κ1) is 19.3. The van der Waals surface area contributed by atoms with Crippen LogP contribution in [0.4, 0.5) is 0 Å². The summed E-state index contributed by atoms with van der Waals surface area (Å²) in [5.74, 6) is 0. The van der Waals surface area contributed by atoms with Gasteiger partial charge in [0.25, 0.3) is 0 Å². The molecule has 3 aromatic carbocycles. The van der Waals surface area contributed by atoms with Crippen LogP contribution in [-0.4, -0.2) is 4.82 Å². The van der Waals surface area contributed by atoms with E-state index in [9.17, 15) is 0 Å². The Kier molecular flexibility index (Phi) is 5.70. The third kappa shape index (κ3) is 2.96. The van der Waals surface area contributed by atoms with E-state index in [2.05, 4.69) is 78.9 Å². The van der Waals surface area contributed by atoms with Gasteiger partial charge < -0.3 is 24.8 Å². The fourth-order valence-corrected chi connectivity index (χ4v) is 7.65. The van der Waals surface area contributed by atoms with Crippen LogP contribution in [0.2, 0.25) is 0 Å². The van der Waals surface area contributed by atoms with Crippen molar-refractivity contribution in [3.05, 3.63) is 95.1 Å². The summed E-state index contributed by atoms with van der Waals surface area (Å²) in [7, 11) is 0. The molecule has 1 unspecified atom stereocenters.